The van der Waals surface area contributed by atoms with E-state index in [1.807, 2.05) is 31.2 Å². The second kappa shape index (κ2) is 8.24. The Morgan fingerprint density at radius 2 is 1.67 bits per heavy atom. The SMILES string of the molecule is CC(=O)N(CC(=O)NCc1ccccc1C)Cc1ccccc1F. The van der Waals surface area contributed by atoms with Crippen molar-refractivity contribution in [2.24, 2.45) is 0 Å². The van der Waals surface area contributed by atoms with Crippen molar-refractivity contribution in [1.82, 2.24) is 10.2 Å². The van der Waals surface area contributed by atoms with E-state index in [1.165, 1.54) is 17.9 Å². The molecule has 0 bridgehead atoms. The first-order valence-electron chi connectivity index (χ1n) is 7.77. The van der Waals surface area contributed by atoms with Crippen LogP contribution >= 0.6 is 0 Å². The van der Waals surface area contributed by atoms with Gasteiger partial charge in [-0.25, -0.2) is 4.39 Å². The van der Waals surface area contributed by atoms with Crippen LogP contribution in [0.2, 0.25) is 0 Å². The molecule has 0 heterocycles. The first kappa shape index (κ1) is 17.7. The summed E-state index contributed by atoms with van der Waals surface area (Å²) in [6, 6.07) is 14.0. The zero-order valence-corrected chi connectivity index (χ0v) is 13.9. The summed E-state index contributed by atoms with van der Waals surface area (Å²) in [4.78, 5) is 25.2. The highest BCUT2D eigenvalue weighted by atomic mass is 19.1. The number of hydrogen-bond acceptors (Lipinski definition) is 2. The first-order chi connectivity index (χ1) is 11.5. The van der Waals surface area contributed by atoms with Crippen molar-refractivity contribution in [2.75, 3.05) is 6.54 Å². The molecule has 0 atom stereocenters. The Hall–Kier alpha value is -2.69. The van der Waals surface area contributed by atoms with Crippen LogP contribution in [0.5, 0.6) is 0 Å². The first-order valence-corrected chi connectivity index (χ1v) is 7.77. The molecular weight excluding hydrogens is 307 g/mol. The van der Waals surface area contributed by atoms with E-state index < -0.39 is 0 Å². The Balaban J connectivity index is 1.95. The molecule has 0 radical (unpaired) electrons. The van der Waals surface area contributed by atoms with E-state index in [1.54, 1.807) is 18.2 Å². The van der Waals surface area contributed by atoms with Crippen molar-refractivity contribution < 1.29 is 14.0 Å². The van der Waals surface area contributed by atoms with Crippen molar-refractivity contribution in [3.8, 4) is 0 Å². The van der Waals surface area contributed by atoms with Gasteiger partial charge in [-0.1, -0.05) is 42.5 Å². The predicted octanol–water partition coefficient (Wildman–Crippen LogP) is 2.80. The highest BCUT2D eigenvalue weighted by molar-refractivity contribution is 5.83. The van der Waals surface area contributed by atoms with Gasteiger partial charge in [-0.3, -0.25) is 9.59 Å². The third kappa shape index (κ3) is 4.91. The summed E-state index contributed by atoms with van der Waals surface area (Å²) in [5, 5.41) is 2.80. The molecule has 5 heteroatoms. The Bertz CT molecular complexity index is 731. The summed E-state index contributed by atoms with van der Waals surface area (Å²) in [6.45, 7) is 3.71. The highest BCUT2D eigenvalue weighted by Gasteiger charge is 2.15. The molecule has 4 nitrogen and oxygen atoms in total. The minimum atomic E-state index is -0.385. The zero-order valence-electron chi connectivity index (χ0n) is 13.9. The molecule has 2 aromatic carbocycles. The minimum absolute atomic E-state index is 0.0692. The van der Waals surface area contributed by atoms with E-state index in [9.17, 15) is 14.0 Å². The normalized spacial score (nSPS) is 10.3. The van der Waals surface area contributed by atoms with Gasteiger partial charge < -0.3 is 10.2 Å². The van der Waals surface area contributed by atoms with Gasteiger partial charge in [0, 0.05) is 25.6 Å². The number of carbonyl (C=O) groups is 2. The van der Waals surface area contributed by atoms with E-state index in [4.69, 9.17) is 0 Å². The second-order valence-corrected chi connectivity index (χ2v) is 5.67. The topological polar surface area (TPSA) is 49.4 Å². The summed E-state index contributed by atoms with van der Waals surface area (Å²) >= 11 is 0. The third-order valence-corrected chi connectivity index (χ3v) is 3.84. The molecular formula is C19H21FN2O2. The van der Waals surface area contributed by atoms with E-state index in [0.717, 1.165) is 11.1 Å². The van der Waals surface area contributed by atoms with Crippen LogP contribution in [0.3, 0.4) is 0 Å². The molecule has 0 aliphatic rings. The molecule has 0 spiro atoms. The van der Waals surface area contributed by atoms with Gasteiger partial charge in [0.05, 0.1) is 6.54 Å². The standard InChI is InChI=1S/C19H21FN2O2/c1-14-7-3-4-8-16(14)11-21-19(24)13-22(15(2)23)12-17-9-5-6-10-18(17)20/h3-10H,11-13H2,1-2H3,(H,21,24). The average Bonchev–Trinajstić information content (AvgIpc) is 2.55. The molecule has 126 valence electrons. The number of carbonyl (C=O) groups excluding carboxylic acids is 2. The smallest absolute Gasteiger partial charge is 0.239 e. The Morgan fingerprint density at radius 3 is 2.29 bits per heavy atom. The summed E-state index contributed by atoms with van der Waals surface area (Å²) in [6.07, 6.45) is 0. The molecule has 24 heavy (non-hydrogen) atoms. The fourth-order valence-corrected chi connectivity index (χ4v) is 2.34. The minimum Gasteiger partial charge on any atom is -0.350 e. The molecule has 0 saturated heterocycles. The summed E-state index contributed by atoms with van der Waals surface area (Å²) in [5.74, 6) is -0.932. The second-order valence-electron chi connectivity index (χ2n) is 5.67. The number of benzene rings is 2. The van der Waals surface area contributed by atoms with Gasteiger partial charge in [-0.05, 0) is 24.1 Å². The molecule has 2 aromatic rings. The van der Waals surface area contributed by atoms with Gasteiger partial charge in [-0.2, -0.15) is 0 Å². The summed E-state index contributed by atoms with van der Waals surface area (Å²) < 4.78 is 13.7. The molecule has 0 unspecified atom stereocenters. The van der Waals surface area contributed by atoms with Gasteiger partial charge >= 0.3 is 0 Å². The zero-order chi connectivity index (χ0) is 17.5. The summed E-state index contributed by atoms with van der Waals surface area (Å²) in [7, 11) is 0. The summed E-state index contributed by atoms with van der Waals surface area (Å²) in [5.41, 5.74) is 2.50. The lowest BCUT2D eigenvalue weighted by Gasteiger charge is -2.21. The van der Waals surface area contributed by atoms with Crippen LogP contribution in [0, 0.1) is 12.7 Å². The lowest BCUT2D eigenvalue weighted by Crippen LogP contribution is -2.39. The molecule has 2 amide bonds. The van der Waals surface area contributed by atoms with Crippen LogP contribution in [-0.2, 0) is 22.7 Å². The van der Waals surface area contributed by atoms with E-state index >= 15 is 0 Å². The number of aryl methyl sites for hydroxylation is 1. The largest absolute Gasteiger partial charge is 0.350 e. The van der Waals surface area contributed by atoms with Crippen LogP contribution in [-0.4, -0.2) is 23.3 Å². The van der Waals surface area contributed by atoms with E-state index in [-0.39, 0.29) is 30.7 Å². The molecule has 0 aliphatic carbocycles. The van der Waals surface area contributed by atoms with Gasteiger partial charge in [-0.15, -0.1) is 0 Å². The van der Waals surface area contributed by atoms with Crippen molar-refractivity contribution in [1.29, 1.82) is 0 Å². The van der Waals surface area contributed by atoms with Crippen molar-refractivity contribution in [3.63, 3.8) is 0 Å². The van der Waals surface area contributed by atoms with Crippen LogP contribution in [0.4, 0.5) is 4.39 Å². The van der Waals surface area contributed by atoms with E-state index in [0.29, 0.717) is 12.1 Å². The molecule has 0 saturated carbocycles. The molecule has 0 aromatic heterocycles. The number of halogens is 1. The number of nitrogens with zero attached hydrogens (tertiary/aromatic N) is 1. The Morgan fingerprint density at radius 1 is 1.04 bits per heavy atom. The molecule has 2 rings (SSSR count). The highest BCUT2D eigenvalue weighted by Crippen LogP contribution is 2.10. The molecule has 0 aliphatic heterocycles. The maximum atomic E-state index is 13.7. The van der Waals surface area contributed by atoms with Gasteiger partial charge in [0.25, 0.3) is 0 Å². The lowest BCUT2D eigenvalue weighted by atomic mass is 10.1. The monoisotopic (exact) mass is 328 g/mol. The number of nitrogens with one attached hydrogen (secondary N) is 1. The Labute approximate surface area is 141 Å². The quantitative estimate of drug-likeness (QED) is 0.886. The number of rotatable bonds is 6. The van der Waals surface area contributed by atoms with Crippen LogP contribution in [0.1, 0.15) is 23.6 Å². The van der Waals surface area contributed by atoms with Gasteiger partial charge in [0.15, 0.2) is 0 Å². The third-order valence-electron chi connectivity index (χ3n) is 3.84. The van der Waals surface area contributed by atoms with Crippen molar-refractivity contribution in [2.45, 2.75) is 26.9 Å². The van der Waals surface area contributed by atoms with Crippen LogP contribution in [0.15, 0.2) is 48.5 Å². The van der Waals surface area contributed by atoms with Crippen LogP contribution in [0.25, 0.3) is 0 Å². The predicted molar refractivity (Wildman–Crippen MR) is 90.5 cm³/mol. The van der Waals surface area contributed by atoms with Crippen molar-refractivity contribution >= 4 is 11.8 Å². The maximum absolute atomic E-state index is 13.7. The van der Waals surface area contributed by atoms with Crippen LogP contribution < -0.4 is 5.32 Å². The lowest BCUT2D eigenvalue weighted by molar-refractivity contribution is -0.135. The Kier molecular flexibility index (Phi) is 6.07. The maximum Gasteiger partial charge on any atom is 0.239 e. The molecule has 0 fully saturated rings. The van der Waals surface area contributed by atoms with Gasteiger partial charge in [0.1, 0.15) is 5.82 Å². The average molecular weight is 328 g/mol. The molecule has 1 N–H and O–H groups in total. The van der Waals surface area contributed by atoms with E-state index in [2.05, 4.69) is 5.32 Å². The fraction of sp³-hybridized carbons (Fsp3) is 0.263. The van der Waals surface area contributed by atoms with Gasteiger partial charge in [0.2, 0.25) is 11.8 Å². The fourth-order valence-electron chi connectivity index (χ4n) is 2.34. The van der Waals surface area contributed by atoms with Crippen molar-refractivity contribution in [3.05, 3.63) is 71.0 Å². The number of hydrogen-bond donors (Lipinski definition) is 1. The number of amides is 2.